The first-order valence-corrected chi connectivity index (χ1v) is 10.7. The summed E-state index contributed by atoms with van der Waals surface area (Å²) in [5.74, 6) is 2.27. The van der Waals surface area contributed by atoms with Crippen LogP contribution < -0.4 is 24.3 Å². The lowest BCUT2D eigenvalue weighted by Gasteiger charge is -2.12. The molecule has 0 radical (unpaired) electrons. The van der Waals surface area contributed by atoms with Gasteiger partial charge in [-0.25, -0.2) is 0 Å². The van der Waals surface area contributed by atoms with Crippen molar-refractivity contribution in [3.8, 4) is 45.8 Å². The minimum absolute atomic E-state index is 0.141. The molecule has 1 amide bonds. The highest BCUT2D eigenvalue weighted by Gasteiger charge is 2.19. The number of nitrogens with zero attached hydrogens (tertiary/aromatic N) is 2. The summed E-state index contributed by atoms with van der Waals surface area (Å²) in [7, 11) is 4.60. The van der Waals surface area contributed by atoms with Gasteiger partial charge in [-0.05, 0) is 48.9 Å². The SMILES string of the molecule is COc1cc(-c2noc(-c3ccccc3NC(=O)COc3cccc(C)c3)n2)cc(OC)c1OC. The summed E-state index contributed by atoms with van der Waals surface area (Å²) in [6.07, 6.45) is 0. The Kier molecular flexibility index (Phi) is 7.15. The summed E-state index contributed by atoms with van der Waals surface area (Å²) in [6, 6.07) is 18.1. The first-order chi connectivity index (χ1) is 17.0. The maximum atomic E-state index is 12.5. The number of carbonyl (C=O) groups is 1. The molecular formula is C26H25N3O6. The zero-order valence-electron chi connectivity index (χ0n) is 19.8. The molecule has 0 unspecified atom stereocenters. The highest BCUT2D eigenvalue weighted by atomic mass is 16.5. The van der Waals surface area contributed by atoms with Crippen molar-refractivity contribution in [2.75, 3.05) is 33.3 Å². The fourth-order valence-electron chi connectivity index (χ4n) is 3.48. The first kappa shape index (κ1) is 23.6. The van der Waals surface area contributed by atoms with Crippen LogP contribution in [-0.2, 0) is 4.79 Å². The normalized spacial score (nSPS) is 10.5. The summed E-state index contributed by atoms with van der Waals surface area (Å²) < 4.78 is 27.3. The minimum atomic E-state index is -0.316. The number of rotatable bonds is 9. The van der Waals surface area contributed by atoms with Gasteiger partial charge in [0.25, 0.3) is 11.8 Å². The van der Waals surface area contributed by atoms with E-state index in [1.165, 1.54) is 21.3 Å². The van der Waals surface area contributed by atoms with Crippen molar-refractivity contribution in [3.05, 3.63) is 66.2 Å². The van der Waals surface area contributed by atoms with Gasteiger partial charge in [0.05, 0.1) is 32.6 Å². The van der Waals surface area contributed by atoms with Crippen molar-refractivity contribution in [3.63, 3.8) is 0 Å². The standard InChI is InChI=1S/C26H25N3O6/c1-16-8-7-9-18(12-16)34-15-23(30)27-20-11-6-5-10-19(20)26-28-25(29-35-26)17-13-21(31-2)24(33-4)22(14-17)32-3/h5-14H,15H2,1-4H3,(H,27,30). The summed E-state index contributed by atoms with van der Waals surface area (Å²) in [6.45, 7) is 1.82. The molecule has 9 heteroatoms. The zero-order valence-corrected chi connectivity index (χ0v) is 19.8. The number of aromatic nitrogens is 2. The first-order valence-electron chi connectivity index (χ1n) is 10.7. The molecule has 0 aliphatic carbocycles. The van der Waals surface area contributed by atoms with E-state index >= 15 is 0 Å². The zero-order chi connectivity index (χ0) is 24.8. The van der Waals surface area contributed by atoms with Crippen LogP contribution in [0, 0.1) is 6.92 Å². The molecule has 0 fully saturated rings. The number of methoxy groups -OCH3 is 3. The average molecular weight is 476 g/mol. The molecule has 35 heavy (non-hydrogen) atoms. The Morgan fingerprint density at radius 2 is 1.69 bits per heavy atom. The molecule has 180 valence electrons. The number of para-hydroxylation sites is 1. The van der Waals surface area contributed by atoms with Crippen LogP contribution >= 0.6 is 0 Å². The second-order valence-electron chi connectivity index (χ2n) is 7.54. The van der Waals surface area contributed by atoms with Gasteiger partial charge in [-0.1, -0.05) is 29.4 Å². The van der Waals surface area contributed by atoms with Crippen LogP contribution in [0.1, 0.15) is 5.56 Å². The van der Waals surface area contributed by atoms with Gasteiger partial charge in [0, 0.05) is 5.56 Å². The highest BCUT2D eigenvalue weighted by Crippen LogP contribution is 2.41. The van der Waals surface area contributed by atoms with Crippen molar-refractivity contribution in [2.24, 2.45) is 0 Å². The molecule has 4 aromatic rings. The van der Waals surface area contributed by atoms with Gasteiger partial charge in [0.15, 0.2) is 18.1 Å². The fourth-order valence-corrected chi connectivity index (χ4v) is 3.48. The van der Waals surface area contributed by atoms with Crippen LogP contribution in [0.15, 0.2) is 65.2 Å². The number of anilines is 1. The lowest BCUT2D eigenvalue weighted by atomic mass is 10.1. The van der Waals surface area contributed by atoms with Crippen LogP contribution in [0.4, 0.5) is 5.69 Å². The van der Waals surface area contributed by atoms with Crippen LogP contribution in [0.3, 0.4) is 0 Å². The molecule has 9 nitrogen and oxygen atoms in total. The van der Waals surface area contributed by atoms with E-state index in [2.05, 4.69) is 15.5 Å². The Morgan fingerprint density at radius 3 is 2.37 bits per heavy atom. The Bertz CT molecular complexity index is 1310. The van der Waals surface area contributed by atoms with Gasteiger partial charge in [-0.3, -0.25) is 4.79 Å². The van der Waals surface area contributed by atoms with Gasteiger partial charge in [0.2, 0.25) is 11.6 Å². The monoisotopic (exact) mass is 475 g/mol. The van der Waals surface area contributed by atoms with E-state index in [0.29, 0.717) is 45.6 Å². The number of carbonyl (C=O) groups excluding carboxylic acids is 1. The van der Waals surface area contributed by atoms with Gasteiger partial charge in [-0.2, -0.15) is 4.98 Å². The van der Waals surface area contributed by atoms with Crippen molar-refractivity contribution in [1.29, 1.82) is 0 Å². The third-order valence-electron chi connectivity index (χ3n) is 5.14. The van der Waals surface area contributed by atoms with Gasteiger partial charge >= 0.3 is 0 Å². The molecule has 0 aliphatic rings. The smallest absolute Gasteiger partial charge is 0.262 e. The molecule has 0 aliphatic heterocycles. The van der Waals surface area contributed by atoms with Gasteiger partial charge < -0.3 is 28.8 Å². The number of ether oxygens (including phenoxy) is 4. The fraction of sp³-hybridized carbons (Fsp3) is 0.192. The summed E-state index contributed by atoms with van der Waals surface area (Å²) in [5, 5.41) is 6.94. The number of hydrogen-bond donors (Lipinski definition) is 1. The molecule has 0 spiro atoms. The van der Waals surface area contributed by atoms with Gasteiger partial charge in [-0.15, -0.1) is 0 Å². The molecule has 1 N–H and O–H groups in total. The van der Waals surface area contributed by atoms with Crippen molar-refractivity contribution < 1.29 is 28.3 Å². The van der Waals surface area contributed by atoms with E-state index in [9.17, 15) is 4.79 Å². The van der Waals surface area contributed by atoms with E-state index in [1.54, 1.807) is 36.4 Å². The van der Waals surface area contributed by atoms with E-state index in [4.69, 9.17) is 23.5 Å². The molecule has 0 atom stereocenters. The molecule has 1 heterocycles. The van der Waals surface area contributed by atoms with E-state index in [0.717, 1.165) is 5.56 Å². The number of amides is 1. The number of aryl methyl sites for hydroxylation is 1. The molecule has 1 aromatic heterocycles. The lowest BCUT2D eigenvalue weighted by molar-refractivity contribution is -0.118. The Hall–Kier alpha value is -4.53. The van der Waals surface area contributed by atoms with E-state index in [1.807, 2.05) is 31.2 Å². The molecule has 3 aromatic carbocycles. The van der Waals surface area contributed by atoms with Gasteiger partial charge in [0.1, 0.15) is 5.75 Å². The second kappa shape index (κ2) is 10.6. The Morgan fingerprint density at radius 1 is 0.943 bits per heavy atom. The quantitative estimate of drug-likeness (QED) is 0.370. The highest BCUT2D eigenvalue weighted by molar-refractivity contribution is 5.95. The third kappa shape index (κ3) is 5.35. The average Bonchev–Trinajstić information content (AvgIpc) is 3.37. The second-order valence-corrected chi connectivity index (χ2v) is 7.54. The van der Waals surface area contributed by atoms with Crippen LogP contribution in [0.2, 0.25) is 0 Å². The molecule has 0 saturated heterocycles. The largest absolute Gasteiger partial charge is 0.493 e. The van der Waals surface area contributed by atoms with E-state index in [-0.39, 0.29) is 18.4 Å². The lowest BCUT2D eigenvalue weighted by Crippen LogP contribution is -2.20. The molecule has 0 saturated carbocycles. The van der Waals surface area contributed by atoms with Crippen LogP contribution in [0.25, 0.3) is 22.8 Å². The molecule has 4 rings (SSSR count). The maximum absolute atomic E-state index is 12.5. The van der Waals surface area contributed by atoms with Crippen molar-refractivity contribution in [2.45, 2.75) is 6.92 Å². The molecule has 0 bridgehead atoms. The van der Waals surface area contributed by atoms with Crippen molar-refractivity contribution in [1.82, 2.24) is 10.1 Å². The summed E-state index contributed by atoms with van der Waals surface area (Å²) >= 11 is 0. The minimum Gasteiger partial charge on any atom is -0.493 e. The predicted octanol–water partition coefficient (Wildman–Crippen LogP) is 4.76. The van der Waals surface area contributed by atoms with Crippen LogP contribution in [-0.4, -0.2) is 44.0 Å². The number of nitrogens with one attached hydrogen (secondary N) is 1. The van der Waals surface area contributed by atoms with E-state index < -0.39 is 0 Å². The summed E-state index contributed by atoms with van der Waals surface area (Å²) in [5.41, 5.74) is 2.75. The maximum Gasteiger partial charge on any atom is 0.262 e. The third-order valence-corrected chi connectivity index (χ3v) is 5.14. The number of benzene rings is 3. The topological polar surface area (TPSA) is 105 Å². The molecular weight excluding hydrogens is 450 g/mol. The van der Waals surface area contributed by atoms with Crippen LogP contribution in [0.5, 0.6) is 23.0 Å². The summed E-state index contributed by atoms with van der Waals surface area (Å²) in [4.78, 5) is 17.1. The van der Waals surface area contributed by atoms with Crippen molar-refractivity contribution >= 4 is 11.6 Å². The Balaban J connectivity index is 1.55. The Labute approximate surface area is 202 Å². The predicted molar refractivity (Wildman–Crippen MR) is 130 cm³/mol. The number of hydrogen-bond acceptors (Lipinski definition) is 8.